The van der Waals surface area contributed by atoms with Crippen LogP contribution in [0.15, 0.2) is 177 Å². The van der Waals surface area contributed by atoms with Gasteiger partial charge in [0.2, 0.25) is 0 Å². The molecule has 0 aliphatic heterocycles. The van der Waals surface area contributed by atoms with Gasteiger partial charge < -0.3 is 13.3 Å². The van der Waals surface area contributed by atoms with Crippen LogP contribution in [0.5, 0.6) is 0 Å². The lowest BCUT2D eigenvalue weighted by Crippen LogP contribution is -2.00. The topological polar surface area (TPSA) is 104 Å². The van der Waals surface area contributed by atoms with Crippen molar-refractivity contribution in [1.29, 1.82) is 0 Å². The highest BCUT2D eigenvalue weighted by Gasteiger charge is 2.22. The minimum atomic E-state index is 0.527. The standard InChI is InChI=1S/C49H27N5O3/c1-3-13-28(14-4-1)42-45-43(34-18-8-10-23-38(34)56-45)51-49(50-42)36-21-11-19-32-31-26-25-30(27-40(31)57-44(32)36)47-52-46(29-15-5-2-6-16-29)53-48(54-47)35-20-12-24-39-41(35)33-17-7-9-22-37(33)55-39/h1-27H. The van der Waals surface area contributed by atoms with Gasteiger partial charge in [0.25, 0.3) is 0 Å². The van der Waals surface area contributed by atoms with Gasteiger partial charge in [0, 0.05) is 49.2 Å². The molecular formula is C49H27N5O3. The average molecular weight is 734 g/mol. The van der Waals surface area contributed by atoms with E-state index in [1.165, 1.54) is 0 Å². The SMILES string of the molecule is c1ccc(-c2nc(-c3ccc4c(c3)oc3c(-c5nc(-c6ccccc6)c6oc7ccccc7c6n5)cccc34)nc(-c3cccc4oc5ccccc5c34)n2)cc1. The minimum Gasteiger partial charge on any atom is -0.456 e. The summed E-state index contributed by atoms with van der Waals surface area (Å²) < 4.78 is 19.4. The van der Waals surface area contributed by atoms with Crippen LogP contribution in [-0.4, -0.2) is 24.9 Å². The Hall–Kier alpha value is -7.97. The van der Waals surface area contributed by atoms with Gasteiger partial charge in [-0.3, -0.25) is 0 Å². The zero-order valence-corrected chi connectivity index (χ0v) is 30.0. The van der Waals surface area contributed by atoms with Gasteiger partial charge in [0.15, 0.2) is 28.9 Å². The smallest absolute Gasteiger partial charge is 0.180 e. The number of hydrogen-bond acceptors (Lipinski definition) is 8. The van der Waals surface area contributed by atoms with Crippen LogP contribution >= 0.6 is 0 Å². The molecule has 0 fully saturated rings. The Balaban J connectivity index is 1.04. The molecule has 0 saturated heterocycles. The number of fused-ring (bicyclic) bond motifs is 9. The van der Waals surface area contributed by atoms with Crippen LogP contribution in [-0.2, 0) is 0 Å². The molecule has 0 bridgehead atoms. The molecular weight excluding hydrogens is 707 g/mol. The van der Waals surface area contributed by atoms with Crippen molar-refractivity contribution in [3.63, 3.8) is 0 Å². The van der Waals surface area contributed by atoms with Gasteiger partial charge in [-0.25, -0.2) is 24.9 Å². The summed E-state index contributed by atoms with van der Waals surface area (Å²) in [4.78, 5) is 25.4. The summed E-state index contributed by atoms with van der Waals surface area (Å²) >= 11 is 0. The molecule has 57 heavy (non-hydrogen) atoms. The molecule has 8 heteroatoms. The Labute approximate surface area is 323 Å². The van der Waals surface area contributed by atoms with Gasteiger partial charge in [-0.15, -0.1) is 0 Å². The first kappa shape index (κ1) is 31.4. The fourth-order valence-electron chi connectivity index (χ4n) is 7.92. The monoisotopic (exact) mass is 733 g/mol. The van der Waals surface area contributed by atoms with E-state index in [2.05, 4.69) is 18.2 Å². The van der Waals surface area contributed by atoms with Crippen LogP contribution in [0.4, 0.5) is 0 Å². The van der Waals surface area contributed by atoms with Gasteiger partial charge in [-0.2, -0.15) is 0 Å². The van der Waals surface area contributed by atoms with E-state index in [-0.39, 0.29) is 0 Å². The van der Waals surface area contributed by atoms with E-state index in [4.69, 9.17) is 38.2 Å². The second-order valence-electron chi connectivity index (χ2n) is 14.0. The van der Waals surface area contributed by atoms with E-state index in [9.17, 15) is 0 Å². The third-order valence-electron chi connectivity index (χ3n) is 10.6. The number of furan rings is 3. The predicted molar refractivity (Wildman–Crippen MR) is 224 cm³/mol. The molecule has 0 aliphatic rings. The molecule has 7 aromatic carbocycles. The third-order valence-corrected chi connectivity index (χ3v) is 10.6. The second kappa shape index (κ2) is 12.3. The minimum absolute atomic E-state index is 0.527. The lowest BCUT2D eigenvalue weighted by atomic mass is 10.0. The summed E-state index contributed by atoms with van der Waals surface area (Å²) in [5.74, 6) is 2.20. The van der Waals surface area contributed by atoms with Gasteiger partial charge in [-0.1, -0.05) is 121 Å². The maximum Gasteiger partial charge on any atom is 0.180 e. The van der Waals surface area contributed by atoms with Gasteiger partial charge >= 0.3 is 0 Å². The summed E-state index contributed by atoms with van der Waals surface area (Å²) in [6.07, 6.45) is 0. The Bertz CT molecular complexity index is 3530. The van der Waals surface area contributed by atoms with Crippen LogP contribution < -0.4 is 0 Å². The van der Waals surface area contributed by atoms with E-state index < -0.39 is 0 Å². The second-order valence-corrected chi connectivity index (χ2v) is 14.0. The molecule has 5 heterocycles. The Morgan fingerprint density at radius 1 is 0.316 bits per heavy atom. The number of rotatable bonds is 5. The Morgan fingerprint density at radius 2 is 0.912 bits per heavy atom. The number of nitrogens with zero attached hydrogens (tertiary/aromatic N) is 5. The Kier molecular flexibility index (Phi) is 6.76. The van der Waals surface area contributed by atoms with Crippen molar-refractivity contribution in [2.75, 3.05) is 0 Å². The highest BCUT2D eigenvalue weighted by atomic mass is 16.3. The molecule has 0 saturated carbocycles. The van der Waals surface area contributed by atoms with Crippen molar-refractivity contribution in [2.45, 2.75) is 0 Å². The fraction of sp³-hybridized carbons (Fsp3) is 0. The zero-order chi connectivity index (χ0) is 37.5. The van der Waals surface area contributed by atoms with Gasteiger partial charge in [0.1, 0.15) is 39.1 Å². The molecule has 0 spiro atoms. The van der Waals surface area contributed by atoms with E-state index in [0.29, 0.717) is 40.0 Å². The maximum atomic E-state index is 6.76. The van der Waals surface area contributed by atoms with Crippen LogP contribution in [0, 0.1) is 0 Å². The van der Waals surface area contributed by atoms with Crippen molar-refractivity contribution in [1.82, 2.24) is 24.9 Å². The first-order valence-electron chi connectivity index (χ1n) is 18.7. The van der Waals surface area contributed by atoms with Crippen molar-refractivity contribution < 1.29 is 13.3 Å². The molecule has 0 radical (unpaired) electrons. The highest BCUT2D eigenvalue weighted by Crippen LogP contribution is 2.41. The van der Waals surface area contributed by atoms with Gasteiger partial charge in [0.05, 0.1) is 5.56 Å². The number of benzene rings is 7. The molecule has 266 valence electrons. The van der Waals surface area contributed by atoms with Crippen LogP contribution in [0.1, 0.15) is 0 Å². The maximum absolute atomic E-state index is 6.76. The predicted octanol–water partition coefficient (Wildman–Crippen LogP) is 12.7. The highest BCUT2D eigenvalue weighted by molar-refractivity contribution is 6.13. The molecule has 0 amide bonds. The van der Waals surface area contributed by atoms with E-state index in [1.807, 2.05) is 146 Å². The van der Waals surface area contributed by atoms with Crippen molar-refractivity contribution >= 4 is 65.9 Å². The zero-order valence-electron chi connectivity index (χ0n) is 30.0. The molecule has 12 aromatic rings. The largest absolute Gasteiger partial charge is 0.456 e. The lowest BCUT2D eigenvalue weighted by molar-refractivity contribution is 0.666. The summed E-state index contributed by atoms with van der Waals surface area (Å²) in [5, 5.41) is 4.81. The van der Waals surface area contributed by atoms with E-state index in [1.54, 1.807) is 0 Å². The molecule has 12 rings (SSSR count). The molecule has 5 aromatic heterocycles. The third kappa shape index (κ3) is 4.97. The lowest BCUT2D eigenvalue weighted by Gasteiger charge is -2.09. The normalized spacial score (nSPS) is 11.9. The van der Waals surface area contributed by atoms with Crippen molar-refractivity contribution in [3.8, 4) is 56.8 Å². The molecule has 0 N–H and O–H groups in total. The summed E-state index contributed by atoms with van der Waals surface area (Å²) in [6, 6.07) is 54.2. The van der Waals surface area contributed by atoms with Gasteiger partial charge in [-0.05, 0) is 42.5 Å². The van der Waals surface area contributed by atoms with Crippen LogP contribution in [0.2, 0.25) is 0 Å². The van der Waals surface area contributed by atoms with E-state index >= 15 is 0 Å². The quantitative estimate of drug-likeness (QED) is 0.172. The number of aromatic nitrogens is 5. The number of hydrogen-bond donors (Lipinski definition) is 0. The van der Waals surface area contributed by atoms with Crippen molar-refractivity contribution in [2.24, 2.45) is 0 Å². The first-order valence-corrected chi connectivity index (χ1v) is 18.7. The molecule has 0 aliphatic carbocycles. The molecule has 0 unspecified atom stereocenters. The molecule has 8 nitrogen and oxygen atoms in total. The summed E-state index contributed by atoms with van der Waals surface area (Å²) in [6.45, 7) is 0. The van der Waals surface area contributed by atoms with Crippen molar-refractivity contribution in [3.05, 3.63) is 164 Å². The summed E-state index contributed by atoms with van der Waals surface area (Å²) in [5.41, 5.74) is 10.1. The Morgan fingerprint density at radius 3 is 1.74 bits per heavy atom. The number of para-hydroxylation sites is 3. The van der Waals surface area contributed by atoms with E-state index in [0.717, 1.165) is 82.7 Å². The van der Waals surface area contributed by atoms with Crippen LogP contribution in [0.3, 0.4) is 0 Å². The molecule has 0 atom stereocenters. The first-order chi connectivity index (χ1) is 28.2. The summed E-state index contributed by atoms with van der Waals surface area (Å²) in [7, 11) is 0. The average Bonchev–Trinajstić information content (AvgIpc) is 3.97. The fourth-order valence-corrected chi connectivity index (χ4v) is 7.92. The van der Waals surface area contributed by atoms with Crippen LogP contribution in [0.25, 0.3) is 123 Å².